The molecule has 4 aromatic rings. The highest BCUT2D eigenvalue weighted by Crippen LogP contribution is 2.50. The first kappa shape index (κ1) is 45.1. The van der Waals surface area contributed by atoms with Gasteiger partial charge in [0.15, 0.2) is 11.3 Å². The molecule has 0 fully saturated rings. The summed E-state index contributed by atoms with van der Waals surface area (Å²) in [5, 5.41) is 0.365. The number of nitrogens with one attached hydrogen (secondary N) is 2. The molecular formula is C42H51N4O11PS. The zero-order valence-electron chi connectivity index (χ0n) is 34.3. The third-order valence-corrected chi connectivity index (χ3v) is 11.2. The van der Waals surface area contributed by atoms with Gasteiger partial charge in [-0.05, 0) is 68.7 Å². The van der Waals surface area contributed by atoms with Gasteiger partial charge in [0.25, 0.3) is 11.1 Å². The predicted octanol–water partition coefficient (Wildman–Crippen LogP) is 6.22. The summed E-state index contributed by atoms with van der Waals surface area (Å²) in [6.45, 7) is 12.9. The van der Waals surface area contributed by atoms with Gasteiger partial charge in [-0.25, -0.2) is 14.2 Å². The smallest absolute Gasteiger partial charge is 0.484 e. The summed E-state index contributed by atoms with van der Waals surface area (Å²) >= 11 is 5.32. The monoisotopic (exact) mass is 850 g/mol. The number of benzene rings is 2. The Bertz CT molecular complexity index is 2460. The highest BCUT2D eigenvalue weighted by Gasteiger charge is 2.32. The number of aromatic amines is 2. The van der Waals surface area contributed by atoms with E-state index < -0.39 is 42.7 Å². The third kappa shape index (κ3) is 12.5. The van der Waals surface area contributed by atoms with Gasteiger partial charge >= 0.3 is 19.2 Å². The van der Waals surface area contributed by atoms with Crippen LogP contribution in [0.5, 0.6) is 5.75 Å². The number of aromatic nitrogens is 4. The maximum absolute atomic E-state index is 13.9. The predicted molar refractivity (Wildman–Crippen MR) is 228 cm³/mol. The van der Waals surface area contributed by atoms with Crippen molar-refractivity contribution in [3.05, 3.63) is 148 Å². The lowest BCUT2D eigenvalue weighted by atomic mass is 9.98. The molecule has 0 saturated heterocycles. The quantitative estimate of drug-likeness (QED) is 0.0500. The first-order valence-corrected chi connectivity index (χ1v) is 21.0. The van der Waals surface area contributed by atoms with Crippen LogP contribution in [0.2, 0.25) is 0 Å². The van der Waals surface area contributed by atoms with Crippen LogP contribution in [0.1, 0.15) is 73.0 Å². The van der Waals surface area contributed by atoms with Crippen LogP contribution in [0.15, 0.2) is 86.1 Å². The first-order chi connectivity index (χ1) is 27.9. The van der Waals surface area contributed by atoms with Gasteiger partial charge < -0.3 is 18.7 Å². The molecule has 5 rings (SSSR count). The van der Waals surface area contributed by atoms with Crippen LogP contribution < -0.4 is 27.0 Å². The number of ether oxygens (including phenoxy) is 3. The number of hydrogen-bond acceptors (Lipinski definition) is 12. The van der Waals surface area contributed by atoms with Crippen LogP contribution >= 0.6 is 20.0 Å². The lowest BCUT2D eigenvalue weighted by molar-refractivity contribution is -0.0123. The largest absolute Gasteiger partial charge is 0.530 e. The normalized spacial score (nSPS) is 16.4. The summed E-state index contributed by atoms with van der Waals surface area (Å²) in [7, 11) is -4.27. The molecule has 1 aliphatic heterocycles. The molecule has 59 heavy (non-hydrogen) atoms. The van der Waals surface area contributed by atoms with Gasteiger partial charge in [-0.1, -0.05) is 87.4 Å². The summed E-state index contributed by atoms with van der Waals surface area (Å²) in [5.74, 6) is 0.199. The number of phosphoric acid groups is 1. The molecule has 0 radical (unpaired) electrons. The Hall–Kier alpha value is -4.96. The second kappa shape index (κ2) is 19.9. The number of rotatable bonds is 18. The van der Waals surface area contributed by atoms with E-state index in [1.54, 1.807) is 49.4 Å². The van der Waals surface area contributed by atoms with Crippen LogP contribution in [0.4, 0.5) is 0 Å². The van der Waals surface area contributed by atoms with Gasteiger partial charge in [0.2, 0.25) is 0 Å². The molecule has 316 valence electrons. The molecule has 2 aromatic heterocycles. The molecule has 0 saturated carbocycles. The third-order valence-electron chi connectivity index (χ3n) is 9.06. The number of H-pyrrole nitrogens is 2. The fourth-order valence-corrected chi connectivity index (χ4v) is 7.43. The molecule has 2 N–H and O–H groups in total. The standard InChI is InChI=1S/C42H51N4O11PS/c1-8-34-35(23-31-21-27(2)20-28(3)22-31)46(41(50)44-38(34)48)26-52-17-9-10-30-11-13-32(14-12-30)57-58(51,54-19-18-53-39(59)42(5,6)7)55-25-33-15-16-36(56-33)45-24-29(4)37(47)43-40(45)49/h9-16,20-22,24,33,36H,8,17-19,23,25-26H2,1-7H3,(H,43,47,49)(H,44,48,50). The van der Waals surface area contributed by atoms with Crippen LogP contribution in [0.25, 0.3) is 6.08 Å². The average Bonchev–Trinajstić information content (AvgIpc) is 3.64. The molecule has 0 amide bonds. The Morgan fingerprint density at radius 2 is 1.63 bits per heavy atom. The van der Waals surface area contributed by atoms with Crippen LogP contribution in [0, 0.1) is 26.2 Å². The first-order valence-electron chi connectivity index (χ1n) is 19.1. The van der Waals surface area contributed by atoms with Gasteiger partial charge in [-0.2, -0.15) is 0 Å². The highest BCUT2D eigenvalue weighted by molar-refractivity contribution is 7.80. The second-order valence-electron chi connectivity index (χ2n) is 15.1. The fourth-order valence-electron chi connectivity index (χ4n) is 6.16. The Labute approximate surface area is 347 Å². The molecule has 1 aliphatic rings. The number of nitrogens with zero attached hydrogens (tertiary/aromatic N) is 2. The van der Waals surface area contributed by atoms with Crippen LogP contribution in [0.3, 0.4) is 0 Å². The molecular weight excluding hydrogens is 800 g/mol. The Morgan fingerprint density at radius 3 is 2.31 bits per heavy atom. The van der Waals surface area contributed by atoms with E-state index in [1.807, 2.05) is 59.8 Å². The van der Waals surface area contributed by atoms with Crippen molar-refractivity contribution >= 4 is 31.2 Å². The molecule has 0 bridgehead atoms. The van der Waals surface area contributed by atoms with Crippen LogP contribution in [-0.4, -0.2) is 56.7 Å². The molecule has 17 heteroatoms. The van der Waals surface area contributed by atoms with E-state index in [0.717, 1.165) is 22.3 Å². The van der Waals surface area contributed by atoms with Crippen molar-refractivity contribution in [2.24, 2.45) is 5.41 Å². The molecule has 3 unspecified atom stereocenters. The minimum Gasteiger partial charge on any atom is -0.484 e. The van der Waals surface area contributed by atoms with E-state index >= 15 is 0 Å². The Morgan fingerprint density at radius 1 is 0.932 bits per heavy atom. The van der Waals surface area contributed by atoms with Crippen molar-refractivity contribution in [3.63, 3.8) is 0 Å². The molecule has 3 heterocycles. The molecule has 0 aliphatic carbocycles. The van der Waals surface area contributed by atoms with Crippen molar-refractivity contribution in [3.8, 4) is 5.75 Å². The summed E-state index contributed by atoms with van der Waals surface area (Å²) in [4.78, 5) is 54.5. The van der Waals surface area contributed by atoms with Gasteiger partial charge in [0.1, 0.15) is 25.2 Å². The molecule has 2 aromatic carbocycles. The Kier molecular flexibility index (Phi) is 15.2. The zero-order chi connectivity index (χ0) is 42.9. The van der Waals surface area contributed by atoms with Crippen molar-refractivity contribution in [2.75, 3.05) is 26.4 Å². The van der Waals surface area contributed by atoms with E-state index in [1.165, 1.54) is 15.3 Å². The SMILES string of the molecule is CCc1c(Cc2cc(C)cc(C)c2)n(COCC=Cc2ccc(OP(=O)(OCCOC(=S)C(C)(C)C)OCC3C=CC(n4cc(C)c(=O)[nH]c4=O)O3)cc2)c(=O)[nH]c1=O. The topological polar surface area (TPSA) is 182 Å². The van der Waals surface area contributed by atoms with E-state index in [4.69, 9.17) is 40.0 Å². The number of aryl methyl sites for hydroxylation is 3. The minimum absolute atomic E-state index is 0.000651. The molecule has 0 spiro atoms. The van der Waals surface area contributed by atoms with E-state index in [-0.39, 0.29) is 44.3 Å². The maximum atomic E-state index is 13.9. The lowest BCUT2D eigenvalue weighted by Gasteiger charge is -2.22. The minimum atomic E-state index is -4.27. The summed E-state index contributed by atoms with van der Waals surface area (Å²) in [6.07, 6.45) is 7.57. The summed E-state index contributed by atoms with van der Waals surface area (Å²) < 4.78 is 51.2. The average molecular weight is 851 g/mol. The summed E-state index contributed by atoms with van der Waals surface area (Å²) in [6, 6.07) is 12.8. The number of phosphoric ester groups is 1. The second-order valence-corrected chi connectivity index (χ2v) is 17.1. The zero-order valence-corrected chi connectivity index (χ0v) is 36.0. The van der Waals surface area contributed by atoms with Gasteiger partial charge in [0.05, 0.1) is 19.8 Å². The lowest BCUT2D eigenvalue weighted by Crippen LogP contribution is -2.36. The fraction of sp³-hybridized carbons (Fsp3) is 0.405. The molecule has 15 nitrogen and oxygen atoms in total. The van der Waals surface area contributed by atoms with Gasteiger partial charge in [-0.3, -0.25) is 37.7 Å². The van der Waals surface area contributed by atoms with Crippen molar-refractivity contribution in [2.45, 2.75) is 80.4 Å². The maximum Gasteiger partial charge on any atom is 0.530 e. The van der Waals surface area contributed by atoms with Crippen LogP contribution in [-0.2, 0) is 47.4 Å². The van der Waals surface area contributed by atoms with Crippen molar-refractivity contribution in [1.82, 2.24) is 19.1 Å². The highest BCUT2D eigenvalue weighted by atomic mass is 32.1. The summed E-state index contributed by atoms with van der Waals surface area (Å²) in [5.41, 5.74) is 3.02. The molecule has 3 atom stereocenters. The Balaban J connectivity index is 1.21. The van der Waals surface area contributed by atoms with Crippen molar-refractivity contribution < 1.29 is 32.3 Å². The van der Waals surface area contributed by atoms with E-state index in [9.17, 15) is 23.7 Å². The van der Waals surface area contributed by atoms with Gasteiger partial charge in [0, 0.05) is 34.9 Å². The van der Waals surface area contributed by atoms with E-state index in [2.05, 4.69) is 16.0 Å². The number of hydrogen-bond donors (Lipinski definition) is 2. The van der Waals surface area contributed by atoms with Crippen molar-refractivity contribution in [1.29, 1.82) is 0 Å². The van der Waals surface area contributed by atoms with E-state index in [0.29, 0.717) is 34.7 Å². The van der Waals surface area contributed by atoms with Gasteiger partial charge in [-0.15, -0.1) is 0 Å². The number of thiocarbonyl (C=S) groups is 1.